The fraction of sp³-hybridized carbons (Fsp3) is 0.154. The zero-order valence-electron chi connectivity index (χ0n) is 10.0. The molecule has 2 aromatic rings. The molecule has 0 aliphatic carbocycles. The van der Waals surface area contributed by atoms with E-state index in [1.165, 1.54) is 0 Å². The van der Waals surface area contributed by atoms with Crippen molar-refractivity contribution in [2.45, 2.75) is 13.8 Å². The number of nitrogens with zero attached hydrogens (tertiary/aromatic N) is 4. The van der Waals surface area contributed by atoms with Crippen molar-refractivity contribution in [1.29, 1.82) is 0 Å². The van der Waals surface area contributed by atoms with E-state index in [9.17, 15) is 0 Å². The lowest BCUT2D eigenvalue weighted by molar-refractivity contribution is 1.05. The highest BCUT2D eigenvalue weighted by Gasteiger charge is 2.07. The van der Waals surface area contributed by atoms with E-state index >= 15 is 0 Å². The van der Waals surface area contributed by atoms with Gasteiger partial charge in [0.2, 0.25) is 5.78 Å². The number of aromatic nitrogens is 3. The zero-order valence-corrected chi connectivity index (χ0v) is 10.0. The van der Waals surface area contributed by atoms with Gasteiger partial charge in [0.1, 0.15) is 0 Å². The summed E-state index contributed by atoms with van der Waals surface area (Å²) < 4.78 is 1.96. The van der Waals surface area contributed by atoms with Crippen LogP contribution in [-0.4, -0.2) is 21.1 Å². The second kappa shape index (κ2) is 4.33. The monoisotopic (exact) mass is 226 g/mol. The topological polar surface area (TPSA) is 42.5 Å². The summed E-state index contributed by atoms with van der Waals surface area (Å²) in [6.07, 6.45) is 7.14. The number of aryl methyl sites for hydroxylation is 2. The highest BCUT2D eigenvalue weighted by Crippen LogP contribution is 2.17. The third-order valence-electron chi connectivity index (χ3n) is 2.74. The molecule has 0 amide bonds. The molecule has 2 heterocycles. The molecule has 4 nitrogen and oxygen atoms in total. The van der Waals surface area contributed by atoms with Crippen molar-refractivity contribution in [2.75, 3.05) is 0 Å². The predicted octanol–water partition coefficient (Wildman–Crippen LogP) is 2.57. The number of rotatable bonds is 3. The summed E-state index contributed by atoms with van der Waals surface area (Å²) in [4.78, 5) is 12.4. The van der Waals surface area contributed by atoms with Gasteiger partial charge >= 0.3 is 0 Å². The van der Waals surface area contributed by atoms with Crippen molar-refractivity contribution in [3.8, 4) is 0 Å². The van der Waals surface area contributed by atoms with Gasteiger partial charge in [0.15, 0.2) is 0 Å². The molecule has 0 bridgehead atoms. The molecule has 0 saturated heterocycles. The van der Waals surface area contributed by atoms with E-state index in [1.807, 2.05) is 24.4 Å². The molecular formula is C13H14N4. The molecule has 2 aromatic heterocycles. The Morgan fingerprint density at radius 3 is 2.88 bits per heavy atom. The Hall–Kier alpha value is -2.23. The number of imidazole rings is 1. The Labute approximate surface area is 100 Å². The molecule has 0 aliphatic rings. The minimum Gasteiger partial charge on any atom is -0.288 e. The van der Waals surface area contributed by atoms with E-state index in [0.717, 1.165) is 22.5 Å². The van der Waals surface area contributed by atoms with Gasteiger partial charge in [0, 0.05) is 35.4 Å². The second-order valence-corrected chi connectivity index (χ2v) is 3.77. The lowest BCUT2D eigenvalue weighted by atomic mass is 10.1. The normalized spacial score (nSPS) is 11.8. The average molecular weight is 226 g/mol. The van der Waals surface area contributed by atoms with Gasteiger partial charge in [-0.15, -0.1) is 0 Å². The highest BCUT2D eigenvalue weighted by molar-refractivity contribution is 5.73. The Morgan fingerprint density at radius 1 is 1.47 bits per heavy atom. The van der Waals surface area contributed by atoms with Crippen LogP contribution in [0.5, 0.6) is 0 Å². The average Bonchev–Trinajstić information content (AvgIpc) is 2.62. The smallest absolute Gasteiger partial charge is 0.234 e. The maximum Gasteiger partial charge on any atom is 0.234 e. The van der Waals surface area contributed by atoms with Crippen LogP contribution >= 0.6 is 0 Å². The minimum absolute atomic E-state index is 0.707. The highest BCUT2D eigenvalue weighted by atomic mass is 15.1. The quantitative estimate of drug-likeness (QED) is 0.596. The molecule has 0 fully saturated rings. The first-order chi connectivity index (χ1) is 8.17. The van der Waals surface area contributed by atoms with Gasteiger partial charge in [-0.1, -0.05) is 12.7 Å². The zero-order chi connectivity index (χ0) is 12.4. The number of fused-ring (bicyclic) bond motifs is 1. The van der Waals surface area contributed by atoms with E-state index in [0.29, 0.717) is 5.78 Å². The van der Waals surface area contributed by atoms with Crippen LogP contribution in [0.1, 0.15) is 17.0 Å². The first-order valence-electron chi connectivity index (χ1n) is 5.27. The van der Waals surface area contributed by atoms with Gasteiger partial charge in [-0.2, -0.15) is 0 Å². The first-order valence-corrected chi connectivity index (χ1v) is 5.27. The number of hydrogen-bond donors (Lipinski definition) is 0. The van der Waals surface area contributed by atoms with Crippen LogP contribution in [0.15, 0.2) is 36.2 Å². The van der Waals surface area contributed by atoms with Crippen LogP contribution < -0.4 is 0 Å². The molecule has 0 aromatic carbocycles. The molecule has 17 heavy (non-hydrogen) atoms. The summed E-state index contributed by atoms with van der Waals surface area (Å²) in [6, 6.07) is 0. The number of hydrogen-bond acceptors (Lipinski definition) is 3. The van der Waals surface area contributed by atoms with E-state index < -0.39 is 0 Å². The predicted molar refractivity (Wildman–Crippen MR) is 70.2 cm³/mol. The third-order valence-corrected chi connectivity index (χ3v) is 2.74. The Kier molecular flexibility index (Phi) is 2.87. The van der Waals surface area contributed by atoms with Crippen LogP contribution in [-0.2, 0) is 0 Å². The molecule has 0 aliphatic heterocycles. The number of aliphatic imine (C=N–C) groups is 1. The molecule has 2 rings (SSSR count). The SMILES string of the molecule is C=C/C(=C\N=C)c1cnc2nc(C)c(C)n2c1. The first kappa shape index (κ1) is 11.3. The fourth-order valence-electron chi connectivity index (χ4n) is 1.65. The Morgan fingerprint density at radius 2 is 2.24 bits per heavy atom. The van der Waals surface area contributed by atoms with E-state index in [1.54, 1.807) is 18.5 Å². The largest absolute Gasteiger partial charge is 0.288 e. The van der Waals surface area contributed by atoms with Crippen molar-refractivity contribution in [3.05, 3.63) is 48.2 Å². The molecule has 0 atom stereocenters. The molecule has 0 N–H and O–H groups in total. The van der Waals surface area contributed by atoms with Crippen LogP contribution in [0.4, 0.5) is 0 Å². The summed E-state index contributed by atoms with van der Waals surface area (Å²) in [5.41, 5.74) is 3.91. The van der Waals surface area contributed by atoms with Crippen molar-refractivity contribution in [3.63, 3.8) is 0 Å². The molecule has 0 radical (unpaired) electrons. The van der Waals surface area contributed by atoms with Gasteiger partial charge in [0.25, 0.3) is 0 Å². The van der Waals surface area contributed by atoms with Crippen molar-refractivity contribution < 1.29 is 0 Å². The standard InChI is InChI=1S/C13H14N4/c1-5-11(6-14-4)12-7-15-13-16-9(2)10(3)17(13)8-12/h5-8H,1,4H2,2-3H3/b11-6+. The van der Waals surface area contributed by atoms with Crippen molar-refractivity contribution in [2.24, 2.45) is 4.99 Å². The molecule has 86 valence electrons. The van der Waals surface area contributed by atoms with Gasteiger partial charge < -0.3 is 0 Å². The molecule has 4 heteroatoms. The van der Waals surface area contributed by atoms with Crippen LogP contribution in [0.3, 0.4) is 0 Å². The van der Waals surface area contributed by atoms with Gasteiger partial charge in [0.05, 0.1) is 5.69 Å². The lowest BCUT2D eigenvalue weighted by Crippen LogP contribution is -1.94. The summed E-state index contributed by atoms with van der Waals surface area (Å²) in [6.45, 7) is 11.2. The molecule has 0 saturated carbocycles. The summed E-state index contributed by atoms with van der Waals surface area (Å²) in [7, 11) is 0. The molecule has 0 spiro atoms. The number of allylic oxidation sites excluding steroid dienone is 2. The van der Waals surface area contributed by atoms with Crippen LogP contribution in [0.2, 0.25) is 0 Å². The molecular weight excluding hydrogens is 212 g/mol. The third kappa shape index (κ3) is 1.89. The van der Waals surface area contributed by atoms with Gasteiger partial charge in [-0.3, -0.25) is 9.39 Å². The maximum absolute atomic E-state index is 4.36. The van der Waals surface area contributed by atoms with Crippen molar-refractivity contribution >= 4 is 18.1 Å². The Bertz CT molecular complexity index is 620. The molecule has 0 unspecified atom stereocenters. The van der Waals surface area contributed by atoms with E-state index in [4.69, 9.17) is 0 Å². The van der Waals surface area contributed by atoms with Crippen LogP contribution in [0.25, 0.3) is 11.4 Å². The van der Waals surface area contributed by atoms with E-state index in [-0.39, 0.29) is 0 Å². The van der Waals surface area contributed by atoms with E-state index in [2.05, 4.69) is 28.3 Å². The van der Waals surface area contributed by atoms with Crippen LogP contribution in [0, 0.1) is 13.8 Å². The van der Waals surface area contributed by atoms with Gasteiger partial charge in [-0.05, 0) is 20.6 Å². The fourth-order valence-corrected chi connectivity index (χ4v) is 1.65. The van der Waals surface area contributed by atoms with Gasteiger partial charge in [-0.25, -0.2) is 9.97 Å². The summed E-state index contributed by atoms with van der Waals surface area (Å²) in [5, 5.41) is 0. The maximum atomic E-state index is 4.36. The summed E-state index contributed by atoms with van der Waals surface area (Å²) >= 11 is 0. The Balaban J connectivity index is 2.65. The lowest BCUT2D eigenvalue weighted by Gasteiger charge is -2.02. The minimum atomic E-state index is 0.707. The van der Waals surface area contributed by atoms with Crippen molar-refractivity contribution in [1.82, 2.24) is 14.4 Å². The second-order valence-electron chi connectivity index (χ2n) is 3.77. The summed E-state index contributed by atoms with van der Waals surface area (Å²) in [5.74, 6) is 0.707.